The van der Waals surface area contributed by atoms with Crippen LogP contribution in [-0.2, 0) is 0 Å². The molecule has 2 rings (SSSR count). The summed E-state index contributed by atoms with van der Waals surface area (Å²) in [7, 11) is 0. The number of ether oxygens (including phenoxy) is 1. The standard InChI is InChI=1S/C15H19N3O2/c1-11(2)16-18-17-15(19)10-20-14-9-5-7-12-6-3-4-8-13(12)14/h3-9,11,15,19H,10H2,1-2H3,(H,16,17). The molecule has 0 bridgehead atoms. The molecule has 0 aromatic heterocycles. The van der Waals surface area contributed by atoms with Gasteiger partial charge in [0.15, 0.2) is 0 Å². The average molecular weight is 273 g/mol. The molecule has 0 saturated carbocycles. The van der Waals surface area contributed by atoms with Crippen molar-refractivity contribution in [3.63, 3.8) is 0 Å². The molecule has 1 atom stereocenters. The van der Waals surface area contributed by atoms with E-state index in [-0.39, 0.29) is 12.6 Å². The van der Waals surface area contributed by atoms with Crippen LogP contribution in [0.3, 0.4) is 0 Å². The Labute approximate surface area is 118 Å². The number of nitrogens with zero attached hydrogens (tertiary/aromatic N) is 2. The van der Waals surface area contributed by atoms with Crippen molar-refractivity contribution in [1.82, 2.24) is 5.43 Å². The van der Waals surface area contributed by atoms with E-state index < -0.39 is 6.23 Å². The second kappa shape index (κ2) is 6.86. The molecule has 0 aliphatic rings. The van der Waals surface area contributed by atoms with Crippen molar-refractivity contribution in [3.8, 4) is 5.75 Å². The molecule has 5 heteroatoms. The van der Waals surface area contributed by atoms with Gasteiger partial charge < -0.3 is 9.84 Å². The van der Waals surface area contributed by atoms with Crippen molar-refractivity contribution >= 4 is 10.8 Å². The Morgan fingerprint density at radius 2 is 1.90 bits per heavy atom. The zero-order valence-electron chi connectivity index (χ0n) is 11.7. The lowest BCUT2D eigenvalue weighted by atomic mass is 10.1. The second-order valence-corrected chi connectivity index (χ2v) is 4.77. The highest BCUT2D eigenvalue weighted by molar-refractivity contribution is 5.88. The van der Waals surface area contributed by atoms with Crippen molar-refractivity contribution in [3.05, 3.63) is 42.5 Å². The fourth-order valence-electron chi connectivity index (χ4n) is 1.73. The van der Waals surface area contributed by atoms with Crippen LogP contribution in [0.4, 0.5) is 0 Å². The van der Waals surface area contributed by atoms with E-state index in [4.69, 9.17) is 4.74 Å². The number of aliphatic hydroxyl groups excluding tert-OH is 1. The zero-order valence-corrected chi connectivity index (χ0v) is 11.7. The number of aliphatic hydroxyl groups is 1. The van der Waals surface area contributed by atoms with Gasteiger partial charge in [0.25, 0.3) is 0 Å². The molecule has 0 spiro atoms. The minimum absolute atomic E-state index is 0.0667. The molecule has 2 N–H and O–H groups in total. The molecule has 0 heterocycles. The van der Waals surface area contributed by atoms with Crippen molar-refractivity contribution in [1.29, 1.82) is 0 Å². The molecule has 0 saturated heterocycles. The summed E-state index contributed by atoms with van der Waals surface area (Å²) in [5.74, 6) is 0.731. The molecular weight excluding hydrogens is 254 g/mol. The molecule has 20 heavy (non-hydrogen) atoms. The first-order chi connectivity index (χ1) is 9.66. The van der Waals surface area contributed by atoms with Gasteiger partial charge in [0.2, 0.25) is 6.23 Å². The number of hydrogen-bond acceptors (Lipinski definition) is 4. The van der Waals surface area contributed by atoms with E-state index in [0.717, 1.165) is 16.5 Å². The van der Waals surface area contributed by atoms with Crippen LogP contribution in [0.5, 0.6) is 5.75 Å². The minimum atomic E-state index is -0.986. The van der Waals surface area contributed by atoms with E-state index in [0.29, 0.717) is 0 Å². The maximum atomic E-state index is 9.67. The third-order valence-electron chi connectivity index (χ3n) is 2.64. The highest BCUT2D eigenvalue weighted by Crippen LogP contribution is 2.25. The maximum Gasteiger partial charge on any atom is 0.202 e. The molecule has 0 radical (unpaired) electrons. The van der Waals surface area contributed by atoms with Crippen LogP contribution in [0.15, 0.2) is 52.8 Å². The van der Waals surface area contributed by atoms with Crippen molar-refractivity contribution in [2.24, 2.45) is 10.3 Å². The second-order valence-electron chi connectivity index (χ2n) is 4.77. The van der Waals surface area contributed by atoms with Crippen LogP contribution in [0.2, 0.25) is 0 Å². The van der Waals surface area contributed by atoms with Gasteiger partial charge in [-0.05, 0) is 25.3 Å². The van der Waals surface area contributed by atoms with Crippen molar-refractivity contribution in [2.75, 3.05) is 6.61 Å². The third-order valence-corrected chi connectivity index (χ3v) is 2.64. The van der Waals surface area contributed by atoms with E-state index >= 15 is 0 Å². The van der Waals surface area contributed by atoms with E-state index in [1.807, 2.05) is 56.3 Å². The Morgan fingerprint density at radius 1 is 1.15 bits per heavy atom. The van der Waals surface area contributed by atoms with Gasteiger partial charge in [-0.15, -0.1) is 5.11 Å². The molecule has 1 unspecified atom stereocenters. The lowest BCUT2D eigenvalue weighted by Crippen LogP contribution is -2.19. The first-order valence-corrected chi connectivity index (χ1v) is 6.61. The quantitative estimate of drug-likeness (QED) is 0.628. The Balaban J connectivity index is 1.97. The van der Waals surface area contributed by atoms with Gasteiger partial charge in [-0.1, -0.05) is 41.6 Å². The van der Waals surface area contributed by atoms with Gasteiger partial charge in [-0.2, -0.15) is 0 Å². The fourth-order valence-corrected chi connectivity index (χ4v) is 1.73. The molecule has 5 nitrogen and oxygen atoms in total. The summed E-state index contributed by atoms with van der Waals surface area (Å²) in [4.78, 5) is 0. The van der Waals surface area contributed by atoms with Gasteiger partial charge in [-0.3, -0.25) is 5.43 Å². The molecule has 2 aromatic carbocycles. The summed E-state index contributed by atoms with van der Waals surface area (Å²) < 4.78 is 5.61. The number of fused-ring (bicyclic) bond motifs is 1. The van der Waals surface area contributed by atoms with Crippen LogP contribution in [-0.4, -0.2) is 24.0 Å². The Bertz CT molecular complexity index is 579. The molecule has 0 amide bonds. The number of benzene rings is 2. The lowest BCUT2D eigenvalue weighted by Gasteiger charge is -2.10. The Hall–Kier alpha value is -2.14. The predicted molar refractivity (Wildman–Crippen MR) is 78.6 cm³/mol. The monoisotopic (exact) mass is 273 g/mol. The smallest absolute Gasteiger partial charge is 0.202 e. The molecular formula is C15H19N3O2. The number of nitrogens with one attached hydrogen (secondary N) is 1. The van der Waals surface area contributed by atoms with Gasteiger partial charge in [-0.25, -0.2) is 0 Å². The van der Waals surface area contributed by atoms with Gasteiger partial charge >= 0.3 is 0 Å². The molecule has 0 aliphatic heterocycles. The summed E-state index contributed by atoms with van der Waals surface area (Å²) in [5, 5.41) is 19.2. The molecule has 106 valence electrons. The van der Waals surface area contributed by atoms with Gasteiger partial charge in [0, 0.05) is 11.4 Å². The average Bonchev–Trinajstić information content (AvgIpc) is 2.44. The largest absolute Gasteiger partial charge is 0.488 e. The zero-order chi connectivity index (χ0) is 14.4. The first-order valence-electron chi connectivity index (χ1n) is 6.61. The van der Waals surface area contributed by atoms with Crippen LogP contribution < -0.4 is 10.2 Å². The van der Waals surface area contributed by atoms with Crippen LogP contribution in [0.25, 0.3) is 10.8 Å². The molecule has 0 fully saturated rings. The van der Waals surface area contributed by atoms with E-state index in [2.05, 4.69) is 15.8 Å². The molecule has 2 aromatic rings. The Morgan fingerprint density at radius 3 is 2.70 bits per heavy atom. The topological polar surface area (TPSA) is 66.2 Å². The van der Waals surface area contributed by atoms with E-state index in [9.17, 15) is 5.11 Å². The summed E-state index contributed by atoms with van der Waals surface area (Å²) in [5.41, 5.74) is 2.75. The first kappa shape index (κ1) is 14.3. The van der Waals surface area contributed by atoms with Crippen molar-refractivity contribution < 1.29 is 9.84 Å². The summed E-state index contributed by atoms with van der Waals surface area (Å²) >= 11 is 0. The lowest BCUT2D eigenvalue weighted by molar-refractivity contribution is 0.107. The third kappa shape index (κ3) is 3.93. The minimum Gasteiger partial charge on any atom is -0.488 e. The maximum absolute atomic E-state index is 9.67. The van der Waals surface area contributed by atoms with Crippen LogP contribution in [0.1, 0.15) is 13.8 Å². The van der Waals surface area contributed by atoms with E-state index in [1.54, 1.807) is 0 Å². The van der Waals surface area contributed by atoms with Crippen LogP contribution in [0, 0.1) is 0 Å². The van der Waals surface area contributed by atoms with Crippen molar-refractivity contribution in [2.45, 2.75) is 26.1 Å². The summed E-state index contributed by atoms with van der Waals surface area (Å²) in [6.07, 6.45) is -0.986. The summed E-state index contributed by atoms with van der Waals surface area (Å²) in [6, 6.07) is 13.9. The predicted octanol–water partition coefficient (Wildman–Crippen LogP) is 2.90. The fraction of sp³-hybridized carbons (Fsp3) is 0.333. The number of hydrogen-bond donors (Lipinski definition) is 2. The highest BCUT2D eigenvalue weighted by Gasteiger charge is 2.05. The van der Waals surface area contributed by atoms with Gasteiger partial charge in [0.05, 0.1) is 0 Å². The highest BCUT2D eigenvalue weighted by atomic mass is 16.5. The summed E-state index contributed by atoms with van der Waals surface area (Å²) in [6.45, 7) is 3.95. The van der Waals surface area contributed by atoms with Gasteiger partial charge in [0.1, 0.15) is 12.4 Å². The molecule has 0 aliphatic carbocycles. The Kier molecular flexibility index (Phi) is 4.90. The normalized spacial score (nSPS) is 13.0. The number of rotatable bonds is 6. The van der Waals surface area contributed by atoms with E-state index in [1.165, 1.54) is 0 Å². The van der Waals surface area contributed by atoms with Crippen LogP contribution >= 0.6 is 0 Å². The SMILES string of the molecule is CC(C)NN=NC(O)COc1cccc2ccccc12.